The molecule has 0 atom stereocenters. The Morgan fingerprint density at radius 1 is 0.310 bits per heavy atom. The fraction of sp³-hybridized carbons (Fsp3) is 0.671. The van der Waals surface area contributed by atoms with Crippen LogP contribution in [0.1, 0.15) is 296 Å². The summed E-state index contributed by atoms with van der Waals surface area (Å²) in [7, 11) is -3.63. The van der Waals surface area contributed by atoms with Crippen molar-refractivity contribution in [2.75, 3.05) is 19.8 Å². The van der Waals surface area contributed by atoms with Crippen LogP contribution in [0.25, 0.3) is 0 Å². The Balaban J connectivity index is 1.45. The van der Waals surface area contributed by atoms with Crippen LogP contribution in [0.4, 0.5) is 11.4 Å². The van der Waals surface area contributed by atoms with Gasteiger partial charge in [0.15, 0.2) is 0 Å². The molecule has 0 spiro atoms. The van der Waals surface area contributed by atoms with E-state index in [0.29, 0.717) is 19.8 Å². The molecule has 0 radical (unpaired) electrons. The second-order valence-electron chi connectivity index (χ2n) is 24.2. The first-order chi connectivity index (χ1) is 41.3. The highest BCUT2D eigenvalue weighted by Gasteiger charge is 2.43. The maximum Gasteiger partial charge on any atom is 0.288 e. The molecule has 0 fully saturated rings. The van der Waals surface area contributed by atoms with E-state index in [1.54, 1.807) is 0 Å². The van der Waals surface area contributed by atoms with Crippen LogP contribution in [0.2, 0.25) is 0 Å². The van der Waals surface area contributed by atoms with E-state index in [-0.39, 0.29) is 23.5 Å². The topological polar surface area (TPSA) is 123 Å². The Labute approximate surface area is 512 Å². The first-order valence-corrected chi connectivity index (χ1v) is 36.5. The predicted molar refractivity (Wildman–Crippen MR) is 356 cm³/mol. The van der Waals surface area contributed by atoms with E-state index in [0.717, 1.165) is 71.3 Å². The summed E-state index contributed by atoms with van der Waals surface area (Å²) in [5.74, 6) is 2.26. The average molecular weight is 1180 g/mol. The van der Waals surface area contributed by atoms with Gasteiger partial charge in [0.2, 0.25) is 0 Å². The van der Waals surface area contributed by atoms with Gasteiger partial charge in [0.25, 0.3) is 19.7 Å². The van der Waals surface area contributed by atoms with E-state index in [9.17, 15) is 20.2 Å². The van der Waals surface area contributed by atoms with E-state index in [1.807, 2.05) is 72.8 Å². The molecular formula is C73H116N2O8Si. The molecule has 470 valence electrons. The van der Waals surface area contributed by atoms with Crippen molar-refractivity contribution in [1.82, 2.24) is 0 Å². The lowest BCUT2D eigenvalue weighted by molar-refractivity contribution is -0.396. The van der Waals surface area contributed by atoms with Gasteiger partial charge in [-0.05, 0) is 77.3 Å². The number of nitro groups is 2. The first-order valence-electron chi connectivity index (χ1n) is 34.6. The molecule has 0 saturated heterocycles. The molecular weight excluding hydrogens is 1060 g/mol. The molecule has 0 unspecified atom stereocenters. The van der Waals surface area contributed by atoms with Crippen molar-refractivity contribution in [3.05, 3.63) is 117 Å². The standard InChI is InChI=1S/C73H116N2O8Si/c1-4-7-10-13-16-19-22-25-28-31-34-37-40-43-61-80-65-49-55-68(56-50-65)84(83-64-71-72(74(76)77)47-46-48-73(71)75(78)79,69-57-51-66(52-58-69)81-62-44-41-38-35-32-29-26-23-20-17-14-11-8-5-2)70-59-53-67(54-60-70)82-63-45-42-39-36-33-30-27-24-21-18-15-12-9-6-3/h46-60H,4-45,61-64H2,1-3H3. The maximum absolute atomic E-state index is 12.5. The monoisotopic (exact) mass is 1180 g/mol. The quantitative estimate of drug-likeness (QED) is 0.0141. The molecule has 0 aliphatic carbocycles. The van der Waals surface area contributed by atoms with Crippen LogP contribution in [0, 0.1) is 20.2 Å². The van der Waals surface area contributed by atoms with Crippen molar-refractivity contribution in [3.8, 4) is 17.2 Å². The predicted octanol–water partition coefficient (Wildman–Crippen LogP) is 21.3. The molecule has 11 heteroatoms. The molecule has 0 aliphatic heterocycles. The highest BCUT2D eigenvalue weighted by molar-refractivity contribution is 7.07. The van der Waals surface area contributed by atoms with Gasteiger partial charge >= 0.3 is 0 Å². The van der Waals surface area contributed by atoms with E-state index >= 15 is 0 Å². The van der Waals surface area contributed by atoms with Gasteiger partial charge in [-0.15, -0.1) is 0 Å². The van der Waals surface area contributed by atoms with Crippen molar-refractivity contribution in [3.63, 3.8) is 0 Å². The average Bonchev–Trinajstić information content (AvgIpc) is 2.90. The number of nitro benzene ring substituents is 2. The van der Waals surface area contributed by atoms with Gasteiger partial charge in [-0.3, -0.25) is 20.2 Å². The molecule has 0 aliphatic rings. The smallest absolute Gasteiger partial charge is 0.288 e. The van der Waals surface area contributed by atoms with Crippen LogP contribution in [0.3, 0.4) is 0 Å². The molecule has 0 N–H and O–H groups in total. The van der Waals surface area contributed by atoms with Crippen molar-refractivity contribution in [2.24, 2.45) is 0 Å². The molecule has 0 amide bonds. The first kappa shape index (κ1) is 71.7. The zero-order valence-corrected chi connectivity index (χ0v) is 54.3. The summed E-state index contributed by atoms with van der Waals surface area (Å²) in [5.41, 5.74) is -0.767. The highest BCUT2D eigenvalue weighted by atomic mass is 28.4. The Morgan fingerprint density at radius 2 is 0.524 bits per heavy atom. The van der Waals surface area contributed by atoms with Gasteiger partial charge in [-0.2, -0.15) is 0 Å². The molecule has 0 heterocycles. The van der Waals surface area contributed by atoms with Gasteiger partial charge < -0.3 is 18.6 Å². The molecule has 0 bridgehead atoms. The van der Waals surface area contributed by atoms with Gasteiger partial charge in [0.1, 0.15) is 22.8 Å². The second-order valence-corrected chi connectivity index (χ2v) is 27.5. The third kappa shape index (κ3) is 30.1. The summed E-state index contributed by atoms with van der Waals surface area (Å²) < 4.78 is 26.3. The lowest BCUT2D eigenvalue weighted by atomic mass is 10.0. The molecule has 4 aromatic rings. The van der Waals surface area contributed by atoms with Gasteiger partial charge in [0.05, 0.1) is 36.3 Å². The van der Waals surface area contributed by atoms with Crippen LogP contribution in [-0.2, 0) is 11.0 Å². The van der Waals surface area contributed by atoms with Crippen LogP contribution >= 0.6 is 0 Å². The lowest BCUT2D eigenvalue weighted by Crippen LogP contribution is -2.69. The normalized spacial score (nSPS) is 11.6. The molecule has 0 aromatic heterocycles. The Bertz CT molecular complexity index is 2020. The maximum atomic E-state index is 12.5. The van der Waals surface area contributed by atoms with E-state index < -0.39 is 18.2 Å². The zero-order valence-electron chi connectivity index (χ0n) is 53.3. The molecule has 4 rings (SSSR count). The molecule has 0 saturated carbocycles. The number of unbranched alkanes of at least 4 members (excludes halogenated alkanes) is 39. The molecule has 4 aromatic carbocycles. The van der Waals surface area contributed by atoms with E-state index in [4.69, 9.17) is 18.6 Å². The third-order valence-corrected chi connectivity index (χ3v) is 21.1. The number of hydrogen-bond donors (Lipinski definition) is 0. The van der Waals surface area contributed by atoms with Crippen molar-refractivity contribution < 1.29 is 28.5 Å². The minimum atomic E-state index is -3.63. The van der Waals surface area contributed by atoms with Crippen molar-refractivity contribution in [1.29, 1.82) is 0 Å². The van der Waals surface area contributed by atoms with Crippen molar-refractivity contribution in [2.45, 2.75) is 297 Å². The van der Waals surface area contributed by atoms with E-state index in [2.05, 4.69) is 20.8 Å². The summed E-state index contributed by atoms with van der Waals surface area (Å²) in [6.07, 6.45) is 54.6. The molecule has 10 nitrogen and oxygen atoms in total. The van der Waals surface area contributed by atoms with Crippen LogP contribution < -0.4 is 29.8 Å². The summed E-state index contributed by atoms with van der Waals surface area (Å²) >= 11 is 0. The fourth-order valence-corrected chi connectivity index (χ4v) is 15.6. The number of nitrogens with zero attached hydrogens (tertiary/aromatic N) is 2. The SMILES string of the molecule is CCCCCCCCCCCCCCCCOc1ccc([Si](OCc2c([N+](=O)[O-])cccc2[N+](=O)[O-])(c2ccc(OCCCCCCCCCCCCCCCC)cc2)c2ccc(OCCCCCCCCCCCCCCCC)cc2)cc1. The van der Waals surface area contributed by atoms with Gasteiger partial charge in [0, 0.05) is 12.1 Å². The summed E-state index contributed by atoms with van der Waals surface area (Å²) in [5, 5.41) is 27.6. The second kappa shape index (κ2) is 47.4. The number of rotatable bonds is 56. The van der Waals surface area contributed by atoms with Gasteiger partial charge in [-0.1, -0.05) is 308 Å². The van der Waals surface area contributed by atoms with Crippen LogP contribution in [0.5, 0.6) is 17.2 Å². The summed E-state index contributed by atoms with van der Waals surface area (Å²) in [4.78, 5) is 23.9. The minimum Gasteiger partial charge on any atom is -0.494 e. The fourth-order valence-electron chi connectivity index (χ4n) is 11.8. The summed E-state index contributed by atoms with van der Waals surface area (Å²) in [6.45, 7) is 8.35. The Kier molecular flexibility index (Phi) is 40.5. The third-order valence-electron chi connectivity index (χ3n) is 17.0. The largest absolute Gasteiger partial charge is 0.494 e. The lowest BCUT2D eigenvalue weighted by Gasteiger charge is -2.33. The number of ether oxygens (including phenoxy) is 3. The van der Waals surface area contributed by atoms with Crippen LogP contribution in [-0.4, -0.2) is 38.0 Å². The Morgan fingerprint density at radius 3 is 0.738 bits per heavy atom. The number of hydrogen-bond acceptors (Lipinski definition) is 8. The minimum absolute atomic E-state index is 0.0706. The Hall–Kier alpha value is -4.74. The summed E-state index contributed by atoms with van der Waals surface area (Å²) in [6, 6.07) is 28.2. The number of benzene rings is 4. The highest BCUT2D eigenvalue weighted by Crippen LogP contribution is 2.31. The van der Waals surface area contributed by atoms with Gasteiger partial charge in [-0.25, -0.2) is 0 Å². The van der Waals surface area contributed by atoms with Crippen LogP contribution in [0.15, 0.2) is 91.0 Å². The van der Waals surface area contributed by atoms with Crippen molar-refractivity contribution >= 4 is 35.3 Å². The zero-order chi connectivity index (χ0) is 59.8. The van der Waals surface area contributed by atoms with E-state index in [1.165, 1.54) is 249 Å². The molecule has 84 heavy (non-hydrogen) atoms.